The topological polar surface area (TPSA) is 79.6 Å². The average Bonchev–Trinajstić information content (AvgIpc) is 3.11. The fraction of sp³-hybridized carbons (Fsp3) is 0.625. The van der Waals surface area contributed by atoms with E-state index in [4.69, 9.17) is 9.73 Å². The second kappa shape index (κ2) is 11.5. The SMILES string of the molecule is COC1(C)CC(NC(=NCc2nnc(C)n2C)NCCCN(C)c2ccccc2)C1(C)C.I. The molecule has 184 valence electrons. The maximum absolute atomic E-state index is 5.79. The van der Waals surface area contributed by atoms with Crippen molar-refractivity contribution in [1.82, 2.24) is 25.4 Å². The molecule has 0 aliphatic heterocycles. The molecule has 9 heteroatoms. The smallest absolute Gasteiger partial charge is 0.191 e. The highest BCUT2D eigenvalue weighted by atomic mass is 127. The molecule has 2 N–H and O–H groups in total. The molecular formula is C24H40IN7O. The molecule has 1 aliphatic rings. The number of hydrogen-bond acceptors (Lipinski definition) is 5. The third-order valence-corrected chi connectivity index (χ3v) is 7.31. The molecule has 33 heavy (non-hydrogen) atoms. The Morgan fingerprint density at radius 2 is 1.94 bits per heavy atom. The molecule has 1 heterocycles. The normalized spacial score (nSPS) is 21.7. The number of rotatable bonds is 9. The van der Waals surface area contributed by atoms with Gasteiger partial charge < -0.3 is 24.8 Å². The number of para-hydroxylation sites is 1. The molecular weight excluding hydrogens is 529 g/mol. The summed E-state index contributed by atoms with van der Waals surface area (Å²) in [6.45, 7) is 10.9. The Labute approximate surface area is 215 Å². The maximum atomic E-state index is 5.79. The number of aromatic nitrogens is 3. The van der Waals surface area contributed by atoms with Crippen LogP contribution in [-0.4, -0.2) is 59.6 Å². The molecule has 1 aliphatic carbocycles. The predicted octanol–water partition coefficient (Wildman–Crippen LogP) is 3.51. The Kier molecular flexibility index (Phi) is 9.54. The summed E-state index contributed by atoms with van der Waals surface area (Å²) in [7, 11) is 5.89. The molecule has 1 aromatic heterocycles. The van der Waals surface area contributed by atoms with Crippen molar-refractivity contribution in [3.8, 4) is 0 Å². The zero-order valence-corrected chi connectivity index (χ0v) is 23.4. The molecule has 3 rings (SSSR count). The average molecular weight is 570 g/mol. The molecule has 0 radical (unpaired) electrons. The Morgan fingerprint density at radius 1 is 1.24 bits per heavy atom. The predicted molar refractivity (Wildman–Crippen MR) is 145 cm³/mol. The van der Waals surface area contributed by atoms with Crippen molar-refractivity contribution in [2.45, 2.75) is 58.7 Å². The van der Waals surface area contributed by atoms with Gasteiger partial charge in [0.25, 0.3) is 0 Å². The van der Waals surface area contributed by atoms with E-state index in [0.717, 1.165) is 43.5 Å². The van der Waals surface area contributed by atoms with E-state index < -0.39 is 0 Å². The second-order valence-electron chi connectivity index (χ2n) is 9.48. The van der Waals surface area contributed by atoms with E-state index in [0.29, 0.717) is 6.54 Å². The Balaban J connectivity index is 0.00000385. The first-order valence-electron chi connectivity index (χ1n) is 11.4. The summed E-state index contributed by atoms with van der Waals surface area (Å²) in [4.78, 5) is 7.09. The van der Waals surface area contributed by atoms with Gasteiger partial charge in [-0.15, -0.1) is 34.2 Å². The van der Waals surface area contributed by atoms with Gasteiger partial charge in [-0.1, -0.05) is 32.0 Å². The number of ether oxygens (including phenoxy) is 1. The van der Waals surface area contributed by atoms with Crippen molar-refractivity contribution >= 4 is 35.6 Å². The van der Waals surface area contributed by atoms with Gasteiger partial charge in [0.2, 0.25) is 0 Å². The summed E-state index contributed by atoms with van der Waals surface area (Å²) >= 11 is 0. The monoisotopic (exact) mass is 569 g/mol. The lowest BCUT2D eigenvalue weighted by atomic mass is 9.56. The fourth-order valence-electron chi connectivity index (χ4n) is 4.11. The molecule has 2 unspecified atom stereocenters. The molecule has 0 bridgehead atoms. The Hall–Kier alpha value is -1.88. The molecule has 1 saturated carbocycles. The largest absolute Gasteiger partial charge is 0.378 e. The first-order valence-corrected chi connectivity index (χ1v) is 11.4. The number of nitrogens with zero attached hydrogens (tertiary/aromatic N) is 5. The molecule has 0 saturated heterocycles. The zero-order valence-electron chi connectivity index (χ0n) is 21.1. The third-order valence-electron chi connectivity index (χ3n) is 7.31. The van der Waals surface area contributed by atoms with E-state index in [1.165, 1.54) is 5.69 Å². The molecule has 2 aromatic rings. The highest BCUT2D eigenvalue weighted by molar-refractivity contribution is 14.0. The number of aryl methyl sites for hydroxylation is 1. The first kappa shape index (κ1) is 27.4. The van der Waals surface area contributed by atoms with Gasteiger partial charge in [0, 0.05) is 51.4 Å². The Morgan fingerprint density at radius 3 is 2.52 bits per heavy atom. The van der Waals surface area contributed by atoms with Crippen molar-refractivity contribution in [1.29, 1.82) is 0 Å². The quantitative estimate of drug-likeness (QED) is 0.208. The Bertz CT molecular complexity index is 915. The maximum Gasteiger partial charge on any atom is 0.191 e. The van der Waals surface area contributed by atoms with Crippen molar-refractivity contribution in [2.75, 3.05) is 32.1 Å². The molecule has 0 amide bonds. The summed E-state index contributed by atoms with van der Waals surface area (Å²) in [6, 6.07) is 10.7. The lowest BCUT2D eigenvalue weighted by molar-refractivity contribution is -0.176. The van der Waals surface area contributed by atoms with Gasteiger partial charge in [0.05, 0.1) is 5.60 Å². The summed E-state index contributed by atoms with van der Waals surface area (Å²) in [5.41, 5.74) is 1.10. The molecule has 1 fully saturated rings. The van der Waals surface area contributed by atoms with Crippen LogP contribution in [0.3, 0.4) is 0 Å². The highest BCUT2D eigenvalue weighted by Gasteiger charge is 2.58. The van der Waals surface area contributed by atoms with Crippen LogP contribution in [0.25, 0.3) is 0 Å². The van der Waals surface area contributed by atoms with E-state index in [1.807, 2.05) is 24.6 Å². The zero-order chi connectivity index (χ0) is 23.4. The van der Waals surface area contributed by atoms with Gasteiger partial charge >= 0.3 is 0 Å². The van der Waals surface area contributed by atoms with Crippen molar-refractivity contribution in [2.24, 2.45) is 17.5 Å². The standard InChI is InChI=1S/C24H39N7O.HI/c1-18-28-29-21(31(18)6)17-26-22(27-20-16-24(4,32-7)23(20,2)3)25-14-11-15-30(5)19-12-9-8-10-13-19;/h8-10,12-13,20H,11,14-17H2,1-7H3,(H2,25,26,27);1H. The number of methoxy groups -OCH3 is 1. The molecule has 1 aromatic carbocycles. The van der Waals surface area contributed by atoms with Gasteiger partial charge in [-0.25, -0.2) is 4.99 Å². The van der Waals surface area contributed by atoms with Gasteiger partial charge in [0.15, 0.2) is 11.8 Å². The number of aliphatic imine (C=N–C) groups is 1. The van der Waals surface area contributed by atoms with E-state index in [9.17, 15) is 0 Å². The van der Waals surface area contributed by atoms with Crippen LogP contribution in [0.1, 0.15) is 45.3 Å². The van der Waals surface area contributed by atoms with E-state index in [1.54, 1.807) is 7.11 Å². The minimum absolute atomic E-state index is 0. The summed E-state index contributed by atoms with van der Waals surface area (Å²) in [5, 5.41) is 15.5. The van der Waals surface area contributed by atoms with Crippen LogP contribution in [0, 0.1) is 12.3 Å². The van der Waals surface area contributed by atoms with Gasteiger partial charge in [0.1, 0.15) is 12.4 Å². The van der Waals surface area contributed by atoms with E-state index >= 15 is 0 Å². The number of hydrogen-bond donors (Lipinski definition) is 2. The van der Waals surface area contributed by atoms with Crippen LogP contribution < -0.4 is 15.5 Å². The van der Waals surface area contributed by atoms with Crippen LogP contribution in [0.2, 0.25) is 0 Å². The van der Waals surface area contributed by atoms with Crippen molar-refractivity contribution in [3.63, 3.8) is 0 Å². The molecule has 8 nitrogen and oxygen atoms in total. The minimum atomic E-state index is -0.130. The lowest BCUT2D eigenvalue weighted by Crippen LogP contribution is -2.69. The lowest BCUT2D eigenvalue weighted by Gasteiger charge is -2.59. The van der Waals surface area contributed by atoms with Crippen LogP contribution in [0.5, 0.6) is 0 Å². The molecule has 0 spiro atoms. The third kappa shape index (κ3) is 6.17. The van der Waals surface area contributed by atoms with Crippen molar-refractivity contribution in [3.05, 3.63) is 42.0 Å². The highest BCUT2D eigenvalue weighted by Crippen LogP contribution is 2.51. The summed E-state index contributed by atoms with van der Waals surface area (Å²) in [5.74, 6) is 2.55. The number of guanidine groups is 1. The summed E-state index contributed by atoms with van der Waals surface area (Å²) < 4.78 is 7.77. The number of anilines is 1. The van der Waals surface area contributed by atoms with Crippen LogP contribution in [0.4, 0.5) is 5.69 Å². The molecule has 2 atom stereocenters. The van der Waals surface area contributed by atoms with Crippen LogP contribution in [-0.2, 0) is 18.3 Å². The fourth-order valence-corrected chi connectivity index (χ4v) is 4.11. The van der Waals surface area contributed by atoms with E-state index in [2.05, 4.69) is 77.8 Å². The van der Waals surface area contributed by atoms with Gasteiger partial charge in [-0.05, 0) is 38.8 Å². The number of benzene rings is 1. The first-order chi connectivity index (χ1) is 15.2. The van der Waals surface area contributed by atoms with Crippen molar-refractivity contribution < 1.29 is 4.74 Å². The van der Waals surface area contributed by atoms with Gasteiger partial charge in [-0.3, -0.25) is 0 Å². The minimum Gasteiger partial charge on any atom is -0.378 e. The number of halogens is 1. The van der Waals surface area contributed by atoms with Crippen LogP contribution in [0.15, 0.2) is 35.3 Å². The van der Waals surface area contributed by atoms with E-state index in [-0.39, 0.29) is 41.0 Å². The second-order valence-corrected chi connectivity index (χ2v) is 9.48. The number of nitrogens with one attached hydrogen (secondary N) is 2. The van der Waals surface area contributed by atoms with Crippen LogP contribution >= 0.6 is 24.0 Å². The van der Waals surface area contributed by atoms with Gasteiger partial charge in [-0.2, -0.15) is 0 Å². The summed E-state index contributed by atoms with van der Waals surface area (Å²) in [6.07, 6.45) is 1.94.